The van der Waals surface area contributed by atoms with Crippen LogP contribution in [0.15, 0.2) is 89.8 Å². The third kappa shape index (κ3) is 4.74. The first kappa shape index (κ1) is 17.3. The van der Waals surface area contributed by atoms with Crippen molar-refractivity contribution in [2.45, 2.75) is 16.6 Å². The standard InChI is InChI=1S/C22H20O2S/c1-24-19-12-14-20(15-13-19)25-22(18-10-6-3-7-11-18)16-21(23)17-8-4-2-5-9-17/h2-15,22H,16H2,1H3/t22-/m1/s1. The predicted octanol–water partition coefficient (Wildman–Crippen LogP) is 5.80. The van der Waals surface area contributed by atoms with E-state index in [2.05, 4.69) is 12.1 Å². The average Bonchev–Trinajstić information content (AvgIpc) is 2.69. The molecule has 1 atom stereocenters. The van der Waals surface area contributed by atoms with Gasteiger partial charge in [-0.05, 0) is 29.8 Å². The van der Waals surface area contributed by atoms with Crippen LogP contribution in [0.5, 0.6) is 5.75 Å². The topological polar surface area (TPSA) is 26.3 Å². The fourth-order valence-electron chi connectivity index (χ4n) is 2.62. The molecule has 0 fully saturated rings. The van der Waals surface area contributed by atoms with Crippen molar-refractivity contribution < 1.29 is 9.53 Å². The van der Waals surface area contributed by atoms with E-state index < -0.39 is 0 Å². The molecule has 0 unspecified atom stereocenters. The molecule has 0 N–H and O–H groups in total. The SMILES string of the molecule is COc1ccc(S[C@H](CC(=O)c2ccccc2)c2ccccc2)cc1. The molecular formula is C22H20O2S. The minimum absolute atomic E-state index is 0.0716. The maximum Gasteiger partial charge on any atom is 0.164 e. The van der Waals surface area contributed by atoms with Crippen LogP contribution in [-0.4, -0.2) is 12.9 Å². The van der Waals surface area contributed by atoms with Crippen LogP contribution >= 0.6 is 11.8 Å². The van der Waals surface area contributed by atoms with Crippen LogP contribution in [0.4, 0.5) is 0 Å². The van der Waals surface area contributed by atoms with Gasteiger partial charge >= 0.3 is 0 Å². The summed E-state index contributed by atoms with van der Waals surface area (Å²) in [5.74, 6) is 0.997. The van der Waals surface area contributed by atoms with Crippen molar-refractivity contribution in [2.75, 3.05) is 7.11 Å². The number of methoxy groups -OCH3 is 1. The van der Waals surface area contributed by atoms with E-state index >= 15 is 0 Å². The molecule has 0 aliphatic rings. The highest BCUT2D eigenvalue weighted by atomic mass is 32.2. The van der Waals surface area contributed by atoms with Gasteiger partial charge in [0.25, 0.3) is 0 Å². The molecule has 0 aliphatic heterocycles. The van der Waals surface area contributed by atoms with Gasteiger partial charge in [0.05, 0.1) is 7.11 Å². The summed E-state index contributed by atoms with van der Waals surface area (Å²) in [5.41, 5.74) is 1.92. The monoisotopic (exact) mass is 348 g/mol. The Kier molecular flexibility index (Phi) is 5.91. The number of rotatable bonds is 7. The Morgan fingerprint density at radius 2 is 1.48 bits per heavy atom. The Labute approximate surface area is 152 Å². The first-order valence-corrected chi connectivity index (χ1v) is 9.08. The Balaban J connectivity index is 1.81. The van der Waals surface area contributed by atoms with Crippen molar-refractivity contribution in [3.05, 3.63) is 96.1 Å². The molecule has 0 aromatic heterocycles. The highest BCUT2D eigenvalue weighted by Gasteiger charge is 2.18. The van der Waals surface area contributed by atoms with Crippen molar-refractivity contribution >= 4 is 17.5 Å². The molecule has 0 aliphatic carbocycles. The van der Waals surface area contributed by atoms with Gasteiger partial charge in [-0.3, -0.25) is 4.79 Å². The highest BCUT2D eigenvalue weighted by Crippen LogP contribution is 2.39. The molecule has 3 aromatic carbocycles. The van der Waals surface area contributed by atoms with E-state index in [0.29, 0.717) is 6.42 Å². The molecule has 0 amide bonds. The zero-order valence-electron chi connectivity index (χ0n) is 14.1. The number of ketones is 1. The molecule has 3 rings (SSSR count). The molecule has 2 nitrogen and oxygen atoms in total. The van der Waals surface area contributed by atoms with Gasteiger partial charge in [0.1, 0.15) is 5.75 Å². The normalized spacial score (nSPS) is 11.7. The molecule has 3 aromatic rings. The predicted molar refractivity (Wildman–Crippen MR) is 103 cm³/mol. The molecule has 126 valence electrons. The average molecular weight is 348 g/mol. The number of Topliss-reactive ketones (excluding diaryl/α,β-unsaturated/α-hetero) is 1. The van der Waals surface area contributed by atoms with Crippen molar-refractivity contribution in [3.63, 3.8) is 0 Å². The lowest BCUT2D eigenvalue weighted by Gasteiger charge is -2.17. The lowest BCUT2D eigenvalue weighted by molar-refractivity contribution is 0.0982. The fraction of sp³-hybridized carbons (Fsp3) is 0.136. The van der Waals surface area contributed by atoms with Gasteiger partial charge < -0.3 is 4.74 Å². The molecule has 0 radical (unpaired) electrons. The first-order valence-electron chi connectivity index (χ1n) is 8.20. The first-order chi connectivity index (χ1) is 12.3. The minimum atomic E-state index is 0.0716. The maximum atomic E-state index is 12.7. The van der Waals surface area contributed by atoms with Crippen molar-refractivity contribution in [3.8, 4) is 5.75 Å². The van der Waals surface area contributed by atoms with Crippen LogP contribution in [0.1, 0.15) is 27.6 Å². The molecule has 0 spiro atoms. The molecule has 25 heavy (non-hydrogen) atoms. The van der Waals surface area contributed by atoms with Crippen LogP contribution in [0, 0.1) is 0 Å². The van der Waals surface area contributed by atoms with E-state index in [1.165, 1.54) is 0 Å². The Morgan fingerprint density at radius 3 is 2.08 bits per heavy atom. The van der Waals surface area contributed by atoms with Gasteiger partial charge in [-0.15, -0.1) is 11.8 Å². The number of carbonyl (C=O) groups excluding carboxylic acids is 1. The molecular weight excluding hydrogens is 328 g/mol. The van der Waals surface area contributed by atoms with Crippen LogP contribution in [-0.2, 0) is 0 Å². The summed E-state index contributed by atoms with van der Waals surface area (Å²) in [7, 11) is 1.66. The summed E-state index contributed by atoms with van der Waals surface area (Å²) < 4.78 is 5.22. The molecule has 0 heterocycles. The molecule has 0 saturated carbocycles. The van der Waals surface area contributed by atoms with Crippen LogP contribution in [0.3, 0.4) is 0 Å². The summed E-state index contributed by atoms with van der Waals surface area (Å²) in [5, 5.41) is 0.0716. The van der Waals surface area contributed by atoms with Gasteiger partial charge in [-0.1, -0.05) is 60.7 Å². The van der Waals surface area contributed by atoms with Gasteiger partial charge in [0.2, 0.25) is 0 Å². The van der Waals surface area contributed by atoms with E-state index in [4.69, 9.17) is 4.74 Å². The van der Waals surface area contributed by atoms with E-state index in [1.54, 1.807) is 18.9 Å². The number of hydrogen-bond donors (Lipinski definition) is 0. The maximum absolute atomic E-state index is 12.7. The quantitative estimate of drug-likeness (QED) is 0.398. The van der Waals surface area contributed by atoms with Crippen molar-refractivity contribution in [1.29, 1.82) is 0 Å². The lowest BCUT2D eigenvalue weighted by Crippen LogP contribution is -2.05. The summed E-state index contributed by atoms with van der Waals surface area (Å²) >= 11 is 1.71. The number of carbonyl (C=O) groups is 1. The molecule has 0 saturated heterocycles. The van der Waals surface area contributed by atoms with E-state index in [0.717, 1.165) is 21.8 Å². The number of benzene rings is 3. The second kappa shape index (κ2) is 8.54. The Morgan fingerprint density at radius 1 is 0.880 bits per heavy atom. The van der Waals surface area contributed by atoms with Crippen LogP contribution in [0.2, 0.25) is 0 Å². The highest BCUT2D eigenvalue weighted by molar-refractivity contribution is 7.99. The van der Waals surface area contributed by atoms with E-state index in [-0.39, 0.29) is 11.0 Å². The van der Waals surface area contributed by atoms with E-state index in [9.17, 15) is 4.79 Å². The third-order valence-electron chi connectivity index (χ3n) is 3.98. The summed E-state index contributed by atoms with van der Waals surface area (Å²) in [6.07, 6.45) is 0.463. The molecule has 0 bridgehead atoms. The van der Waals surface area contributed by atoms with Gasteiger partial charge in [0, 0.05) is 22.1 Å². The molecule has 3 heteroatoms. The van der Waals surface area contributed by atoms with Crippen molar-refractivity contribution in [2.24, 2.45) is 0 Å². The summed E-state index contributed by atoms with van der Waals surface area (Å²) in [6.45, 7) is 0. The lowest BCUT2D eigenvalue weighted by atomic mass is 10.0. The van der Waals surface area contributed by atoms with Gasteiger partial charge in [0.15, 0.2) is 5.78 Å². The second-order valence-corrected chi connectivity index (χ2v) is 6.96. The van der Waals surface area contributed by atoms with Gasteiger partial charge in [-0.25, -0.2) is 0 Å². The fourth-order valence-corrected chi connectivity index (χ4v) is 3.77. The summed E-state index contributed by atoms with van der Waals surface area (Å²) in [4.78, 5) is 13.8. The van der Waals surface area contributed by atoms with Gasteiger partial charge in [-0.2, -0.15) is 0 Å². The minimum Gasteiger partial charge on any atom is -0.497 e. The van der Waals surface area contributed by atoms with Crippen LogP contribution < -0.4 is 4.74 Å². The second-order valence-electron chi connectivity index (χ2n) is 5.69. The summed E-state index contributed by atoms with van der Waals surface area (Å²) in [6, 6.07) is 27.7. The van der Waals surface area contributed by atoms with Crippen LogP contribution in [0.25, 0.3) is 0 Å². The number of thioether (sulfide) groups is 1. The zero-order chi connectivity index (χ0) is 17.5. The Bertz CT molecular complexity index is 798. The Hall–Kier alpha value is -2.52. The zero-order valence-corrected chi connectivity index (χ0v) is 14.9. The largest absolute Gasteiger partial charge is 0.497 e. The van der Waals surface area contributed by atoms with Crippen molar-refractivity contribution in [1.82, 2.24) is 0 Å². The van der Waals surface area contributed by atoms with E-state index in [1.807, 2.05) is 72.8 Å². The smallest absolute Gasteiger partial charge is 0.164 e. The third-order valence-corrected chi connectivity index (χ3v) is 5.24. The number of ether oxygens (including phenoxy) is 1. The number of hydrogen-bond acceptors (Lipinski definition) is 3.